The van der Waals surface area contributed by atoms with Crippen molar-refractivity contribution >= 4 is 0 Å². The number of fused-ring (bicyclic) bond motifs is 1. The predicted molar refractivity (Wildman–Crippen MR) is 66.7 cm³/mol. The van der Waals surface area contributed by atoms with Gasteiger partial charge in [0.2, 0.25) is 0 Å². The zero-order valence-corrected chi connectivity index (χ0v) is 10.2. The van der Waals surface area contributed by atoms with E-state index < -0.39 is 5.60 Å². The molecule has 3 heteroatoms. The van der Waals surface area contributed by atoms with E-state index in [1.54, 1.807) is 18.5 Å². The number of hydrogen-bond acceptors (Lipinski definition) is 2. The van der Waals surface area contributed by atoms with Crippen LogP contribution in [0, 0.1) is 12.7 Å². The number of aliphatic hydroxyl groups is 1. The van der Waals surface area contributed by atoms with Gasteiger partial charge in [0.1, 0.15) is 11.4 Å². The topological polar surface area (TPSA) is 33.1 Å². The Balaban J connectivity index is 2.14. The minimum absolute atomic E-state index is 0.250. The van der Waals surface area contributed by atoms with E-state index in [9.17, 15) is 9.50 Å². The van der Waals surface area contributed by atoms with Crippen molar-refractivity contribution in [2.75, 3.05) is 0 Å². The number of nitrogens with zero attached hydrogens (tertiary/aromatic N) is 1. The van der Waals surface area contributed by atoms with E-state index in [0.29, 0.717) is 12.8 Å². The summed E-state index contributed by atoms with van der Waals surface area (Å²) >= 11 is 0. The number of rotatable bonds is 1. The zero-order valence-electron chi connectivity index (χ0n) is 10.2. The highest BCUT2D eigenvalue weighted by atomic mass is 19.1. The Morgan fingerprint density at radius 2 is 2.11 bits per heavy atom. The van der Waals surface area contributed by atoms with Crippen LogP contribution < -0.4 is 0 Å². The average molecular weight is 243 g/mol. The molecule has 0 bridgehead atoms. The second kappa shape index (κ2) is 3.89. The normalized spacial score (nSPS) is 21.9. The molecule has 1 heterocycles. The molecule has 18 heavy (non-hydrogen) atoms. The SMILES string of the molecule is Cc1cncc(C2(O)CCc3cc(F)ccc32)c1. The molecule has 0 saturated carbocycles. The Labute approximate surface area is 105 Å². The van der Waals surface area contributed by atoms with Gasteiger partial charge in [0.05, 0.1) is 0 Å². The summed E-state index contributed by atoms with van der Waals surface area (Å²) in [6.45, 7) is 1.94. The molecule has 1 aliphatic carbocycles. The molecule has 1 aromatic heterocycles. The van der Waals surface area contributed by atoms with Gasteiger partial charge in [0, 0.05) is 18.0 Å². The molecule has 2 nitrogen and oxygen atoms in total. The molecule has 1 N–H and O–H groups in total. The lowest BCUT2D eigenvalue weighted by atomic mass is 9.88. The molecule has 2 aromatic rings. The van der Waals surface area contributed by atoms with E-state index in [-0.39, 0.29) is 5.82 Å². The Morgan fingerprint density at radius 3 is 2.89 bits per heavy atom. The molecule has 0 radical (unpaired) electrons. The zero-order chi connectivity index (χ0) is 12.8. The molecule has 1 unspecified atom stereocenters. The molecular formula is C15H14FNO. The van der Waals surface area contributed by atoms with Crippen LogP contribution >= 0.6 is 0 Å². The van der Waals surface area contributed by atoms with Crippen LogP contribution in [0.15, 0.2) is 36.7 Å². The number of hydrogen-bond donors (Lipinski definition) is 1. The van der Waals surface area contributed by atoms with Crippen molar-refractivity contribution in [1.29, 1.82) is 0 Å². The first-order valence-electron chi connectivity index (χ1n) is 6.03. The lowest BCUT2D eigenvalue weighted by Crippen LogP contribution is -2.24. The fraction of sp³-hybridized carbons (Fsp3) is 0.267. The molecular weight excluding hydrogens is 229 g/mol. The summed E-state index contributed by atoms with van der Waals surface area (Å²) in [6, 6.07) is 6.53. The number of aromatic nitrogens is 1. The van der Waals surface area contributed by atoms with Crippen LogP contribution in [0.5, 0.6) is 0 Å². The van der Waals surface area contributed by atoms with E-state index in [2.05, 4.69) is 4.98 Å². The second-order valence-corrected chi connectivity index (χ2v) is 4.91. The molecule has 0 saturated heterocycles. The summed E-state index contributed by atoms with van der Waals surface area (Å²) in [5.41, 5.74) is 2.46. The smallest absolute Gasteiger partial charge is 0.123 e. The van der Waals surface area contributed by atoms with Gasteiger partial charge in [-0.3, -0.25) is 4.98 Å². The predicted octanol–water partition coefficient (Wildman–Crippen LogP) is 2.71. The summed E-state index contributed by atoms with van der Waals surface area (Å²) in [6.07, 6.45) is 4.72. The van der Waals surface area contributed by atoms with Gasteiger partial charge in [-0.15, -0.1) is 0 Å². The molecule has 0 amide bonds. The molecule has 3 rings (SSSR count). The van der Waals surface area contributed by atoms with Crippen LogP contribution in [0.1, 0.15) is 28.7 Å². The van der Waals surface area contributed by atoms with Crippen LogP contribution in [0.2, 0.25) is 0 Å². The number of benzene rings is 1. The Kier molecular flexibility index (Phi) is 2.45. The first-order valence-corrected chi connectivity index (χ1v) is 6.03. The van der Waals surface area contributed by atoms with Crippen molar-refractivity contribution in [3.05, 3.63) is 64.7 Å². The van der Waals surface area contributed by atoms with Crippen LogP contribution in [0.4, 0.5) is 4.39 Å². The number of aryl methyl sites for hydroxylation is 2. The highest BCUT2D eigenvalue weighted by Crippen LogP contribution is 2.41. The van der Waals surface area contributed by atoms with Crippen LogP contribution in [0.25, 0.3) is 0 Å². The van der Waals surface area contributed by atoms with E-state index in [1.807, 2.05) is 13.0 Å². The molecule has 92 valence electrons. The molecule has 0 spiro atoms. The summed E-state index contributed by atoms with van der Waals surface area (Å²) in [5.74, 6) is -0.250. The van der Waals surface area contributed by atoms with Gasteiger partial charge in [-0.2, -0.15) is 0 Å². The third-order valence-corrected chi connectivity index (χ3v) is 3.62. The van der Waals surface area contributed by atoms with Gasteiger partial charge in [0.25, 0.3) is 0 Å². The van der Waals surface area contributed by atoms with Gasteiger partial charge >= 0.3 is 0 Å². The fourth-order valence-electron chi connectivity index (χ4n) is 2.70. The van der Waals surface area contributed by atoms with Crippen molar-refractivity contribution < 1.29 is 9.50 Å². The van der Waals surface area contributed by atoms with Crippen LogP contribution in [-0.2, 0) is 12.0 Å². The van der Waals surface area contributed by atoms with Gasteiger partial charge in [-0.1, -0.05) is 6.07 Å². The van der Waals surface area contributed by atoms with Crippen molar-refractivity contribution in [2.24, 2.45) is 0 Å². The second-order valence-electron chi connectivity index (χ2n) is 4.91. The van der Waals surface area contributed by atoms with Crippen molar-refractivity contribution in [1.82, 2.24) is 4.98 Å². The maximum absolute atomic E-state index is 13.2. The van der Waals surface area contributed by atoms with Gasteiger partial charge < -0.3 is 5.11 Å². The largest absolute Gasteiger partial charge is 0.380 e. The first-order chi connectivity index (χ1) is 8.59. The van der Waals surface area contributed by atoms with E-state index in [1.165, 1.54) is 12.1 Å². The van der Waals surface area contributed by atoms with Crippen molar-refractivity contribution in [3.63, 3.8) is 0 Å². The number of halogens is 1. The summed E-state index contributed by atoms with van der Waals surface area (Å²) in [5, 5.41) is 10.9. The highest BCUT2D eigenvalue weighted by Gasteiger charge is 2.38. The molecule has 1 atom stereocenters. The number of pyridine rings is 1. The van der Waals surface area contributed by atoms with E-state index in [0.717, 1.165) is 22.3 Å². The summed E-state index contributed by atoms with van der Waals surface area (Å²) < 4.78 is 13.2. The standard InChI is InChI=1S/C15H14FNO/c1-10-6-12(9-17-8-10)15(18)5-4-11-7-13(16)2-3-14(11)15/h2-3,6-9,18H,4-5H2,1H3. The maximum atomic E-state index is 13.2. The third kappa shape index (κ3) is 1.63. The quantitative estimate of drug-likeness (QED) is 0.835. The third-order valence-electron chi connectivity index (χ3n) is 3.62. The fourth-order valence-corrected chi connectivity index (χ4v) is 2.70. The Hall–Kier alpha value is -1.74. The van der Waals surface area contributed by atoms with Crippen molar-refractivity contribution in [3.8, 4) is 0 Å². The van der Waals surface area contributed by atoms with E-state index in [4.69, 9.17) is 0 Å². The molecule has 1 aliphatic rings. The average Bonchev–Trinajstić information content (AvgIpc) is 2.68. The Morgan fingerprint density at radius 1 is 1.28 bits per heavy atom. The lowest BCUT2D eigenvalue weighted by Gasteiger charge is -2.24. The van der Waals surface area contributed by atoms with Crippen LogP contribution in [-0.4, -0.2) is 10.1 Å². The van der Waals surface area contributed by atoms with Gasteiger partial charge in [-0.25, -0.2) is 4.39 Å². The molecule has 1 aromatic carbocycles. The van der Waals surface area contributed by atoms with Gasteiger partial charge in [0.15, 0.2) is 0 Å². The monoisotopic (exact) mass is 243 g/mol. The van der Waals surface area contributed by atoms with Gasteiger partial charge in [-0.05, 0) is 54.7 Å². The van der Waals surface area contributed by atoms with E-state index >= 15 is 0 Å². The first kappa shape index (κ1) is 11.4. The minimum Gasteiger partial charge on any atom is -0.380 e. The maximum Gasteiger partial charge on any atom is 0.123 e. The van der Waals surface area contributed by atoms with Crippen molar-refractivity contribution in [2.45, 2.75) is 25.4 Å². The van der Waals surface area contributed by atoms with Crippen LogP contribution in [0.3, 0.4) is 0 Å². The lowest BCUT2D eigenvalue weighted by molar-refractivity contribution is 0.0825. The summed E-state index contributed by atoms with van der Waals surface area (Å²) in [7, 11) is 0. The Bertz CT molecular complexity index is 611. The molecule has 0 fully saturated rings. The minimum atomic E-state index is -1.03. The molecule has 0 aliphatic heterocycles. The summed E-state index contributed by atoms with van der Waals surface area (Å²) in [4.78, 5) is 4.13. The highest BCUT2D eigenvalue weighted by molar-refractivity contribution is 5.45.